The lowest BCUT2D eigenvalue weighted by Crippen LogP contribution is -2.38. The Morgan fingerprint density at radius 1 is 0.882 bits per heavy atom. The van der Waals surface area contributed by atoms with Crippen LogP contribution in [0.5, 0.6) is 0 Å². The second kappa shape index (κ2) is 10.6. The maximum absolute atomic E-state index is 13.0. The van der Waals surface area contributed by atoms with Crippen molar-refractivity contribution in [1.82, 2.24) is 14.7 Å². The molecule has 0 saturated heterocycles. The molecule has 4 aromatic rings. The van der Waals surface area contributed by atoms with Crippen LogP contribution in [0.1, 0.15) is 29.8 Å². The zero-order valence-electron chi connectivity index (χ0n) is 19.4. The third-order valence-electron chi connectivity index (χ3n) is 5.66. The molecule has 1 aromatic heterocycles. The molecule has 1 heterocycles. The fraction of sp³-hybridized carbons (Fsp3) is 0.179. The van der Waals surface area contributed by atoms with Crippen LogP contribution in [0.3, 0.4) is 0 Å². The van der Waals surface area contributed by atoms with Crippen molar-refractivity contribution in [1.29, 1.82) is 0 Å². The van der Waals surface area contributed by atoms with Crippen LogP contribution in [0.4, 0.5) is 5.82 Å². The predicted molar refractivity (Wildman–Crippen MR) is 135 cm³/mol. The molecule has 0 saturated carbocycles. The number of likely N-dealkylation sites (N-methyl/N-ethyl adjacent to an activating group) is 1. The molecule has 34 heavy (non-hydrogen) atoms. The van der Waals surface area contributed by atoms with Crippen LogP contribution in [0, 0.1) is 0 Å². The average molecular weight is 453 g/mol. The van der Waals surface area contributed by atoms with Crippen molar-refractivity contribution in [3.05, 3.63) is 102 Å². The van der Waals surface area contributed by atoms with E-state index in [1.54, 1.807) is 4.68 Å². The highest BCUT2D eigenvalue weighted by Crippen LogP contribution is 2.24. The Bertz CT molecular complexity index is 1250. The summed E-state index contributed by atoms with van der Waals surface area (Å²) in [6.45, 7) is 4.32. The molecule has 2 amide bonds. The van der Waals surface area contributed by atoms with E-state index < -0.39 is 0 Å². The summed E-state index contributed by atoms with van der Waals surface area (Å²) in [5.74, 6) is 0.102. The summed E-state index contributed by atoms with van der Waals surface area (Å²) in [6, 6.07) is 28.8. The SMILES string of the molecule is CCc1ccc(C(=O)N(CC)CC(=O)Nc2cc(-c3ccccc3)nn2-c2ccccc2)cc1. The summed E-state index contributed by atoms with van der Waals surface area (Å²) in [4.78, 5) is 27.5. The second-order valence-electron chi connectivity index (χ2n) is 7.95. The minimum Gasteiger partial charge on any atom is -0.330 e. The van der Waals surface area contributed by atoms with Gasteiger partial charge in [0.05, 0.1) is 11.4 Å². The number of nitrogens with one attached hydrogen (secondary N) is 1. The number of para-hydroxylation sites is 1. The first-order chi connectivity index (χ1) is 16.6. The van der Waals surface area contributed by atoms with Crippen molar-refractivity contribution in [3.8, 4) is 16.9 Å². The number of carbonyl (C=O) groups is 2. The van der Waals surface area contributed by atoms with Gasteiger partial charge < -0.3 is 10.2 Å². The maximum atomic E-state index is 13.0. The lowest BCUT2D eigenvalue weighted by molar-refractivity contribution is -0.116. The van der Waals surface area contributed by atoms with Crippen LogP contribution < -0.4 is 5.32 Å². The molecule has 1 N–H and O–H groups in total. The summed E-state index contributed by atoms with van der Waals surface area (Å²) in [5.41, 5.74) is 4.28. The molecule has 0 spiro atoms. The van der Waals surface area contributed by atoms with Crippen molar-refractivity contribution in [2.24, 2.45) is 0 Å². The molecule has 6 heteroatoms. The van der Waals surface area contributed by atoms with E-state index >= 15 is 0 Å². The van der Waals surface area contributed by atoms with E-state index in [1.165, 1.54) is 10.5 Å². The number of hydrogen-bond donors (Lipinski definition) is 1. The number of hydrogen-bond acceptors (Lipinski definition) is 3. The van der Waals surface area contributed by atoms with Crippen molar-refractivity contribution in [2.45, 2.75) is 20.3 Å². The Hall–Kier alpha value is -4.19. The number of carbonyl (C=O) groups excluding carboxylic acids is 2. The zero-order chi connectivity index (χ0) is 23.9. The van der Waals surface area contributed by atoms with Gasteiger partial charge in [-0.15, -0.1) is 0 Å². The summed E-state index contributed by atoms with van der Waals surface area (Å²) < 4.78 is 1.71. The summed E-state index contributed by atoms with van der Waals surface area (Å²) in [5, 5.41) is 7.68. The lowest BCUT2D eigenvalue weighted by atomic mass is 10.1. The molecule has 0 radical (unpaired) electrons. The fourth-order valence-corrected chi connectivity index (χ4v) is 3.73. The third-order valence-corrected chi connectivity index (χ3v) is 5.66. The van der Waals surface area contributed by atoms with E-state index in [0.29, 0.717) is 17.9 Å². The molecule has 0 atom stereocenters. The van der Waals surface area contributed by atoms with Gasteiger partial charge >= 0.3 is 0 Å². The van der Waals surface area contributed by atoms with Gasteiger partial charge in [-0.05, 0) is 43.2 Å². The molecule has 0 bridgehead atoms. The highest BCUT2D eigenvalue weighted by Gasteiger charge is 2.19. The Morgan fingerprint density at radius 3 is 2.15 bits per heavy atom. The van der Waals surface area contributed by atoms with E-state index in [9.17, 15) is 9.59 Å². The van der Waals surface area contributed by atoms with E-state index in [2.05, 4.69) is 12.2 Å². The highest BCUT2D eigenvalue weighted by molar-refractivity contribution is 5.99. The largest absolute Gasteiger partial charge is 0.330 e. The average Bonchev–Trinajstić information content (AvgIpc) is 3.31. The van der Waals surface area contributed by atoms with Gasteiger partial charge in [0.1, 0.15) is 12.4 Å². The number of aromatic nitrogens is 2. The number of nitrogens with zero attached hydrogens (tertiary/aromatic N) is 3. The monoisotopic (exact) mass is 452 g/mol. The van der Waals surface area contributed by atoms with Gasteiger partial charge in [-0.25, -0.2) is 4.68 Å². The minimum absolute atomic E-state index is 0.0501. The standard InChI is InChI=1S/C28H28N4O2/c1-3-21-15-17-23(18-16-21)28(34)31(4-2)20-27(33)29-26-19-25(22-11-7-5-8-12-22)30-32(26)24-13-9-6-10-14-24/h5-19H,3-4,20H2,1-2H3,(H,29,33). The number of anilines is 1. The number of benzene rings is 3. The molecule has 172 valence electrons. The van der Waals surface area contributed by atoms with Crippen LogP contribution >= 0.6 is 0 Å². The predicted octanol–water partition coefficient (Wildman–Crippen LogP) is 5.20. The van der Waals surface area contributed by atoms with Gasteiger partial charge in [0.25, 0.3) is 5.91 Å². The topological polar surface area (TPSA) is 67.2 Å². The first kappa shape index (κ1) is 23.0. The Balaban J connectivity index is 1.55. The number of amides is 2. The third kappa shape index (κ3) is 5.23. The highest BCUT2D eigenvalue weighted by atomic mass is 16.2. The quantitative estimate of drug-likeness (QED) is 0.399. The van der Waals surface area contributed by atoms with Crippen molar-refractivity contribution in [2.75, 3.05) is 18.4 Å². The van der Waals surface area contributed by atoms with Gasteiger partial charge in [-0.3, -0.25) is 9.59 Å². The molecule has 0 aliphatic rings. The van der Waals surface area contributed by atoms with E-state index in [1.807, 2.05) is 97.9 Å². The van der Waals surface area contributed by atoms with Gasteiger partial charge in [-0.2, -0.15) is 5.10 Å². The minimum atomic E-state index is -0.280. The second-order valence-corrected chi connectivity index (χ2v) is 7.95. The van der Waals surface area contributed by atoms with Gasteiger partial charge in [0, 0.05) is 23.7 Å². The Kier molecular flexibility index (Phi) is 7.18. The number of rotatable bonds is 8. The number of aryl methyl sites for hydroxylation is 1. The molecule has 0 fully saturated rings. The molecule has 0 unspecified atom stereocenters. The van der Waals surface area contributed by atoms with Crippen LogP contribution in [0.15, 0.2) is 91.0 Å². The smallest absolute Gasteiger partial charge is 0.254 e. The molecular formula is C28H28N4O2. The van der Waals surface area contributed by atoms with Crippen molar-refractivity contribution >= 4 is 17.6 Å². The molecule has 0 aliphatic heterocycles. The van der Waals surface area contributed by atoms with E-state index in [0.717, 1.165) is 23.4 Å². The zero-order valence-corrected chi connectivity index (χ0v) is 19.4. The van der Waals surface area contributed by atoms with E-state index in [-0.39, 0.29) is 18.4 Å². The Morgan fingerprint density at radius 2 is 1.53 bits per heavy atom. The Labute approximate surface area is 199 Å². The van der Waals surface area contributed by atoms with Gasteiger partial charge in [-0.1, -0.05) is 67.6 Å². The fourth-order valence-electron chi connectivity index (χ4n) is 3.73. The first-order valence-electron chi connectivity index (χ1n) is 11.5. The normalized spacial score (nSPS) is 10.6. The van der Waals surface area contributed by atoms with Crippen LogP contribution in [-0.4, -0.2) is 39.6 Å². The molecule has 3 aromatic carbocycles. The lowest BCUT2D eigenvalue weighted by Gasteiger charge is -2.20. The van der Waals surface area contributed by atoms with Crippen LogP contribution in [0.2, 0.25) is 0 Å². The van der Waals surface area contributed by atoms with Crippen LogP contribution in [-0.2, 0) is 11.2 Å². The van der Waals surface area contributed by atoms with E-state index in [4.69, 9.17) is 5.10 Å². The maximum Gasteiger partial charge on any atom is 0.254 e. The van der Waals surface area contributed by atoms with Gasteiger partial charge in [0.2, 0.25) is 5.91 Å². The summed E-state index contributed by atoms with van der Waals surface area (Å²) in [6.07, 6.45) is 0.911. The summed E-state index contributed by atoms with van der Waals surface area (Å²) >= 11 is 0. The van der Waals surface area contributed by atoms with Crippen LogP contribution in [0.25, 0.3) is 16.9 Å². The van der Waals surface area contributed by atoms with Gasteiger partial charge in [0.15, 0.2) is 0 Å². The van der Waals surface area contributed by atoms with Crippen molar-refractivity contribution < 1.29 is 9.59 Å². The molecule has 4 rings (SSSR count). The summed E-state index contributed by atoms with van der Waals surface area (Å²) in [7, 11) is 0. The molecular weight excluding hydrogens is 424 g/mol. The first-order valence-corrected chi connectivity index (χ1v) is 11.5. The van der Waals surface area contributed by atoms with Crippen molar-refractivity contribution in [3.63, 3.8) is 0 Å². The molecule has 6 nitrogen and oxygen atoms in total. The molecule has 0 aliphatic carbocycles.